The average Bonchev–Trinajstić information content (AvgIpc) is 2.53. The standard InChI is InChI=1S/C17H22N4O4/c1-17(2,3)11-5-6-13(25-4)12(7-11)20-15(23)18-8-10-9-19-16(24)21-14(10)22/h5-7,9H,8H2,1-4H3,(H2,18,20,23)(H2,19,21,22,24). The summed E-state index contributed by atoms with van der Waals surface area (Å²) < 4.78 is 5.27. The quantitative estimate of drug-likeness (QED) is 0.674. The van der Waals surface area contributed by atoms with Crippen molar-refractivity contribution in [3.8, 4) is 5.75 Å². The Labute approximate surface area is 144 Å². The topological polar surface area (TPSA) is 116 Å². The SMILES string of the molecule is COc1ccc(C(C)(C)C)cc1NC(=O)NCc1c[nH]c(=O)[nH]c1=O. The lowest BCUT2D eigenvalue weighted by Crippen LogP contribution is -2.33. The predicted molar refractivity (Wildman–Crippen MR) is 95.2 cm³/mol. The van der Waals surface area contributed by atoms with Crippen molar-refractivity contribution in [1.82, 2.24) is 15.3 Å². The Morgan fingerprint density at radius 3 is 2.56 bits per heavy atom. The number of H-pyrrole nitrogens is 2. The monoisotopic (exact) mass is 346 g/mol. The van der Waals surface area contributed by atoms with Crippen molar-refractivity contribution in [3.63, 3.8) is 0 Å². The third-order valence-corrected chi connectivity index (χ3v) is 3.65. The Hall–Kier alpha value is -3.03. The maximum atomic E-state index is 12.1. The molecule has 1 aromatic heterocycles. The number of nitrogens with one attached hydrogen (secondary N) is 4. The summed E-state index contributed by atoms with van der Waals surface area (Å²) in [5.41, 5.74) is 0.592. The van der Waals surface area contributed by atoms with Crippen LogP contribution in [0.25, 0.3) is 0 Å². The van der Waals surface area contributed by atoms with Gasteiger partial charge in [0.1, 0.15) is 5.75 Å². The molecule has 0 fully saturated rings. The number of rotatable bonds is 4. The molecule has 0 bridgehead atoms. The molecule has 25 heavy (non-hydrogen) atoms. The zero-order valence-electron chi connectivity index (χ0n) is 14.6. The Morgan fingerprint density at radius 1 is 1.24 bits per heavy atom. The van der Waals surface area contributed by atoms with E-state index >= 15 is 0 Å². The number of carbonyl (C=O) groups excluding carboxylic acids is 1. The van der Waals surface area contributed by atoms with Gasteiger partial charge in [-0.15, -0.1) is 0 Å². The third-order valence-electron chi connectivity index (χ3n) is 3.65. The van der Waals surface area contributed by atoms with E-state index in [0.29, 0.717) is 11.4 Å². The highest BCUT2D eigenvalue weighted by Crippen LogP contribution is 2.31. The van der Waals surface area contributed by atoms with Crippen molar-refractivity contribution in [2.24, 2.45) is 0 Å². The smallest absolute Gasteiger partial charge is 0.325 e. The van der Waals surface area contributed by atoms with Crippen LogP contribution in [0.5, 0.6) is 5.75 Å². The highest BCUT2D eigenvalue weighted by atomic mass is 16.5. The second kappa shape index (κ2) is 7.25. The molecule has 4 N–H and O–H groups in total. The number of methoxy groups -OCH3 is 1. The number of urea groups is 1. The second-order valence-electron chi connectivity index (χ2n) is 6.57. The molecule has 0 radical (unpaired) electrons. The summed E-state index contributed by atoms with van der Waals surface area (Å²) in [6.45, 7) is 6.18. The number of anilines is 1. The average molecular weight is 346 g/mol. The molecule has 1 aromatic carbocycles. The van der Waals surface area contributed by atoms with Gasteiger partial charge in [-0.2, -0.15) is 0 Å². The number of ether oxygens (including phenoxy) is 1. The first-order chi connectivity index (χ1) is 11.7. The summed E-state index contributed by atoms with van der Waals surface area (Å²) in [6, 6.07) is 5.10. The van der Waals surface area contributed by atoms with Crippen LogP contribution < -0.4 is 26.6 Å². The Balaban J connectivity index is 2.11. The maximum absolute atomic E-state index is 12.1. The Kier molecular flexibility index (Phi) is 5.31. The molecule has 2 aromatic rings. The van der Waals surface area contributed by atoms with E-state index in [4.69, 9.17) is 4.74 Å². The van der Waals surface area contributed by atoms with Crippen molar-refractivity contribution in [1.29, 1.82) is 0 Å². The van der Waals surface area contributed by atoms with E-state index in [2.05, 4.69) is 41.4 Å². The highest BCUT2D eigenvalue weighted by molar-refractivity contribution is 5.91. The minimum Gasteiger partial charge on any atom is -0.495 e. The lowest BCUT2D eigenvalue weighted by Gasteiger charge is -2.21. The molecule has 0 saturated carbocycles. The van der Waals surface area contributed by atoms with E-state index in [9.17, 15) is 14.4 Å². The van der Waals surface area contributed by atoms with Crippen LogP contribution in [0.4, 0.5) is 10.5 Å². The van der Waals surface area contributed by atoms with Crippen LogP contribution in [-0.4, -0.2) is 23.1 Å². The fourth-order valence-electron chi connectivity index (χ4n) is 2.18. The van der Waals surface area contributed by atoms with E-state index in [1.165, 1.54) is 13.3 Å². The minimum absolute atomic E-state index is 0.0285. The fraction of sp³-hybridized carbons (Fsp3) is 0.353. The fourth-order valence-corrected chi connectivity index (χ4v) is 2.18. The van der Waals surface area contributed by atoms with Gasteiger partial charge in [-0.25, -0.2) is 9.59 Å². The van der Waals surface area contributed by atoms with Gasteiger partial charge in [0.15, 0.2) is 0 Å². The van der Waals surface area contributed by atoms with Crippen molar-refractivity contribution in [2.75, 3.05) is 12.4 Å². The summed E-state index contributed by atoms with van der Waals surface area (Å²) in [7, 11) is 1.52. The first-order valence-corrected chi connectivity index (χ1v) is 7.75. The predicted octanol–water partition coefficient (Wildman–Crippen LogP) is 1.69. The van der Waals surface area contributed by atoms with Gasteiger partial charge in [0.05, 0.1) is 24.9 Å². The molecule has 0 unspecified atom stereocenters. The van der Waals surface area contributed by atoms with E-state index in [0.717, 1.165) is 5.56 Å². The van der Waals surface area contributed by atoms with Gasteiger partial charge in [-0.1, -0.05) is 26.8 Å². The van der Waals surface area contributed by atoms with Gasteiger partial charge in [0, 0.05) is 6.20 Å². The highest BCUT2D eigenvalue weighted by Gasteiger charge is 2.17. The number of aromatic amines is 2. The molecule has 0 saturated heterocycles. The van der Waals surface area contributed by atoms with E-state index in [1.54, 1.807) is 6.07 Å². The minimum atomic E-state index is -0.595. The molecule has 0 aliphatic carbocycles. The number of hydrogen-bond donors (Lipinski definition) is 4. The summed E-state index contributed by atoms with van der Waals surface area (Å²) in [5, 5.41) is 5.29. The molecule has 1 heterocycles. The van der Waals surface area contributed by atoms with Gasteiger partial charge in [-0.05, 0) is 23.1 Å². The second-order valence-corrected chi connectivity index (χ2v) is 6.57. The van der Waals surface area contributed by atoms with Crippen molar-refractivity contribution >= 4 is 11.7 Å². The normalized spacial score (nSPS) is 11.0. The van der Waals surface area contributed by atoms with Crippen LogP contribution in [0.3, 0.4) is 0 Å². The largest absolute Gasteiger partial charge is 0.495 e. The Bertz CT molecular complexity index is 877. The van der Waals surface area contributed by atoms with Gasteiger partial charge in [0.2, 0.25) is 0 Å². The molecule has 0 aliphatic rings. The molecular weight excluding hydrogens is 324 g/mol. The van der Waals surface area contributed by atoms with Crippen LogP contribution >= 0.6 is 0 Å². The van der Waals surface area contributed by atoms with Gasteiger partial charge in [-0.3, -0.25) is 9.78 Å². The van der Waals surface area contributed by atoms with E-state index in [1.807, 2.05) is 12.1 Å². The van der Waals surface area contributed by atoms with Gasteiger partial charge < -0.3 is 20.4 Å². The molecular formula is C17H22N4O4. The first-order valence-electron chi connectivity index (χ1n) is 7.75. The van der Waals surface area contributed by atoms with Crippen LogP contribution in [0, 0.1) is 0 Å². The molecule has 8 nitrogen and oxygen atoms in total. The van der Waals surface area contributed by atoms with Crippen LogP contribution in [-0.2, 0) is 12.0 Å². The summed E-state index contributed by atoms with van der Waals surface area (Å²) in [4.78, 5) is 39.2. The first kappa shape index (κ1) is 18.3. The van der Waals surface area contributed by atoms with Gasteiger partial charge >= 0.3 is 11.7 Å². The number of benzene rings is 1. The molecule has 0 atom stereocenters. The van der Waals surface area contributed by atoms with Crippen molar-refractivity contribution in [3.05, 3.63) is 56.4 Å². The summed E-state index contributed by atoms with van der Waals surface area (Å²) in [6.07, 6.45) is 1.27. The zero-order valence-corrected chi connectivity index (χ0v) is 14.6. The van der Waals surface area contributed by atoms with E-state index in [-0.39, 0.29) is 17.5 Å². The van der Waals surface area contributed by atoms with Crippen molar-refractivity contribution < 1.29 is 9.53 Å². The summed E-state index contributed by atoms with van der Waals surface area (Å²) >= 11 is 0. The zero-order chi connectivity index (χ0) is 18.6. The molecule has 134 valence electrons. The Morgan fingerprint density at radius 2 is 1.96 bits per heavy atom. The maximum Gasteiger partial charge on any atom is 0.325 e. The van der Waals surface area contributed by atoms with Crippen LogP contribution in [0.15, 0.2) is 34.0 Å². The molecule has 0 spiro atoms. The molecule has 0 aliphatic heterocycles. The van der Waals surface area contributed by atoms with Crippen LogP contribution in [0.2, 0.25) is 0 Å². The molecule has 8 heteroatoms. The molecule has 2 rings (SSSR count). The number of aromatic nitrogens is 2. The van der Waals surface area contributed by atoms with Gasteiger partial charge in [0.25, 0.3) is 5.56 Å². The van der Waals surface area contributed by atoms with Crippen LogP contribution in [0.1, 0.15) is 31.9 Å². The summed E-state index contributed by atoms with van der Waals surface area (Å²) in [5.74, 6) is 0.532. The van der Waals surface area contributed by atoms with Crippen molar-refractivity contribution in [2.45, 2.75) is 32.7 Å². The number of carbonyl (C=O) groups is 1. The van der Waals surface area contributed by atoms with E-state index < -0.39 is 17.3 Å². The molecule has 2 amide bonds. The number of hydrogen-bond acceptors (Lipinski definition) is 4. The lowest BCUT2D eigenvalue weighted by atomic mass is 9.87. The number of amides is 2. The lowest BCUT2D eigenvalue weighted by molar-refractivity contribution is 0.251. The third kappa shape index (κ3) is 4.72.